The van der Waals surface area contributed by atoms with Gasteiger partial charge in [0.1, 0.15) is 0 Å². The van der Waals surface area contributed by atoms with Gasteiger partial charge in [-0.25, -0.2) is 9.59 Å². The highest BCUT2D eigenvalue weighted by molar-refractivity contribution is 5.91. The average Bonchev–Trinajstić information content (AvgIpc) is 3.20. The first-order valence-electron chi connectivity index (χ1n) is 22.3. The van der Waals surface area contributed by atoms with Gasteiger partial charge >= 0.3 is 18.1 Å². The number of benzene rings is 2. The van der Waals surface area contributed by atoms with Gasteiger partial charge in [-0.3, -0.25) is 0 Å². The van der Waals surface area contributed by atoms with Gasteiger partial charge in [-0.15, -0.1) is 0 Å². The predicted octanol–water partition coefficient (Wildman–Crippen LogP) is 11.9. The fourth-order valence-corrected chi connectivity index (χ4v) is 6.81. The van der Waals surface area contributed by atoms with E-state index in [-0.39, 0.29) is 11.6 Å². The van der Waals surface area contributed by atoms with Gasteiger partial charge in [0.2, 0.25) is 0 Å². The van der Waals surface area contributed by atoms with Crippen molar-refractivity contribution in [2.45, 2.75) is 164 Å². The summed E-state index contributed by atoms with van der Waals surface area (Å²) in [4.78, 5) is 20.5. The molecule has 0 atom stereocenters. The molecule has 0 aliphatic rings. The number of carbonyl (C=O) groups is 2. The quantitative estimate of drug-likeness (QED) is 0.0911. The van der Waals surface area contributed by atoms with Gasteiger partial charge in [0.15, 0.2) is 0 Å². The van der Waals surface area contributed by atoms with Crippen molar-refractivity contribution in [2.75, 3.05) is 52.4 Å². The van der Waals surface area contributed by atoms with Gasteiger partial charge in [-0.05, 0) is 69.6 Å². The second-order valence-electron chi connectivity index (χ2n) is 15.6. The Labute approximate surface area is 350 Å². The zero-order chi connectivity index (χ0) is 44.5. The van der Waals surface area contributed by atoms with E-state index in [2.05, 4.69) is 55.4 Å². The van der Waals surface area contributed by atoms with Crippen LogP contribution in [0.15, 0.2) is 42.5 Å². The molecule has 0 bridgehead atoms. The molecule has 336 valence electrons. The zero-order valence-electron chi connectivity index (χ0n) is 37.6. The van der Waals surface area contributed by atoms with Crippen LogP contribution < -0.4 is 10.2 Å². The first-order chi connectivity index (χ1) is 27.5. The number of hydrogen-bond donors (Lipinski definition) is 2. The molecule has 0 spiro atoms. The zero-order valence-corrected chi connectivity index (χ0v) is 37.6. The number of aromatic carboxylic acids is 2. The SMILES string of the molecule is CCCC[N+](CCCC)(CCCC)CCCC.CCCC[N+](CCCC)(CCCC)CCCC.O=C(O)c1ccc(C(F)(F)F)cc1[O-].O=C(O)c1ccccc1[O-]. The maximum absolute atomic E-state index is 12.0. The van der Waals surface area contributed by atoms with E-state index in [4.69, 9.17) is 10.2 Å². The standard InChI is InChI=1S/2C16H36N.C8H5F3O3.C7H6O3/c2*1-5-9-13-17(14-10-6-2,15-11-7-3)16-12-8-4;9-8(10,11)4-1-2-5(7(13)14)6(12)3-4;8-6-4-2-1-3-5(6)7(9)10/h2*5-16H2,1-4H3;1-3,12H,(H,13,14);1-4,8H,(H,9,10)/q2*+1;;/p-2. The normalized spacial score (nSPS) is 11.4. The topological polar surface area (TPSA) is 121 Å². The van der Waals surface area contributed by atoms with E-state index in [1.165, 1.54) is 188 Å². The monoisotopic (exact) mass is 827 g/mol. The Hall–Kier alpha value is -3.31. The summed E-state index contributed by atoms with van der Waals surface area (Å²) in [6.07, 6.45) is 17.5. The summed E-state index contributed by atoms with van der Waals surface area (Å²) in [7, 11) is 0. The van der Waals surface area contributed by atoms with Crippen LogP contribution in [0, 0.1) is 0 Å². The summed E-state index contributed by atoms with van der Waals surface area (Å²) in [5.74, 6) is -4.31. The Balaban J connectivity index is 0. The van der Waals surface area contributed by atoms with Crippen LogP contribution >= 0.6 is 0 Å². The van der Waals surface area contributed by atoms with E-state index in [0.717, 1.165) is 0 Å². The lowest BCUT2D eigenvalue weighted by atomic mass is 10.1. The van der Waals surface area contributed by atoms with Gasteiger partial charge in [0.25, 0.3) is 0 Å². The fourth-order valence-electron chi connectivity index (χ4n) is 6.81. The van der Waals surface area contributed by atoms with E-state index in [1.54, 1.807) is 0 Å². The molecule has 0 aliphatic carbocycles. The maximum atomic E-state index is 12.0. The number of para-hydroxylation sites is 1. The van der Waals surface area contributed by atoms with Crippen molar-refractivity contribution >= 4 is 11.9 Å². The molecule has 8 nitrogen and oxygen atoms in total. The van der Waals surface area contributed by atoms with Gasteiger partial charge < -0.3 is 29.4 Å². The van der Waals surface area contributed by atoms with E-state index < -0.39 is 40.7 Å². The molecule has 0 saturated carbocycles. The maximum Gasteiger partial charge on any atom is 0.416 e. The van der Waals surface area contributed by atoms with Crippen molar-refractivity contribution < 1.29 is 52.2 Å². The Kier molecular flexibility index (Phi) is 32.8. The molecule has 0 saturated heterocycles. The number of hydrogen-bond acceptors (Lipinski definition) is 4. The number of carboxylic acids is 2. The summed E-state index contributed by atoms with van der Waals surface area (Å²) in [5, 5.41) is 38.3. The molecular formula is C47H81F3N2O6. The number of rotatable bonds is 26. The van der Waals surface area contributed by atoms with Crippen LogP contribution in [0.1, 0.15) is 184 Å². The fraction of sp³-hybridized carbons (Fsp3) is 0.702. The molecule has 0 unspecified atom stereocenters. The third-order valence-corrected chi connectivity index (χ3v) is 10.5. The number of carboxylic acid groups (broad SMARTS) is 2. The summed E-state index contributed by atoms with van der Waals surface area (Å²) in [6, 6.07) is 7.01. The molecule has 0 amide bonds. The van der Waals surface area contributed by atoms with Crippen molar-refractivity contribution in [3.63, 3.8) is 0 Å². The van der Waals surface area contributed by atoms with Crippen LogP contribution in [0.5, 0.6) is 11.5 Å². The molecule has 0 radical (unpaired) electrons. The number of nitrogens with zero attached hydrogens (tertiary/aromatic N) is 2. The summed E-state index contributed by atoms with van der Waals surface area (Å²) >= 11 is 0. The minimum absolute atomic E-state index is 0.178. The van der Waals surface area contributed by atoms with Crippen LogP contribution in [0.2, 0.25) is 0 Å². The smallest absolute Gasteiger partial charge is 0.416 e. The third-order valence-electron chi connectivity index (χ3n) is 10.5. The summed E-state index contributed by atoms with van der Waals surface area (Å²) in [6.45, 7) is 30.0. The predicted molar refractivity (Wildman–Crippen MR) is 229 cm³/mol. The van der Waals surface area contributed by atoms with Crippen LogP contribution in [-0.2, 0) is 6.18 Å². The first kappa shape index (κ1) is 56.8. The lowest BCUT2D eigenvalue weighted by Crippen LogP contribution is -2.50. The van der Waals surface area contributed by atoms with E-state index in [1.807, 2.05) is 0 Å². The van der Waals surface area contributed by atoms with Crippen molar-refractivity contribution in [2.24, 2.45) is 0 Å². The van der Waals surface area contributed by atoms with Crippen LogP contribution in [0.25, 0.3) is 0 Å². The third kappa shape index (κ3) is 25.2. The second-order valence-corrected chi connectivity index (χ2v) is 15.6. The highest BCUT2D eigenvalue weighted by Gasteiger charge is 2.30. The molecule has 0 aromatic heterocycles. The van der Waals surface area contributed by atoms with E-state index >= 15 is 0 Å². The Morgan fingerprint density at radius 3 is 0.966 bits per heavy atom. The van der Waals surface area contributed by atoms with Crippen LogP contribution in [0.4, 0.5) is 13.2 Å². The first-order valence-corrected chi connectivity index (χ1v) is 22.3. The Bertz CT molecular complexity index is 1230. The number of alkyl halides is 3. The molecule has 2 N–H and O–H groups in total. The van der Waals surface area contributed by atoms with Crippen LogP contribution in [0.3, 0.4) is 0 Å². The highest BCUT2D eigenvalue weighted by atomic mass is 19.4. The van der Waals surface area contributed by atoms with Gasteiger partial charge in [-0.2, -0.15) is 13.2 Å². The minimum atomic E-state index is -4.63. The number of quaternary nitrogens is 2. The second kappa shape index (κ2) is 33.5. The largest absolute Gasteiger partial charge is 0.872 e. The lowest BCUT2D eigenvalue weighted by Gasteiger charge is -2.39. The molecule has 2 aromatic rings. The molecule has 2 rings (SSSR count). The number of halogens is 3. The Morgan fingerprint density at radius 1 is 0.483 bits per heavy atom. The average molecular weight is 827 g/mol. The highest BCUT2D eigenvalue weighted by Crippen LogP contribution is 2.31. The Morgan fingerprint density at radius 2 is 0.759 bits per heavy atom. The van der Waals surface area contributed by atoms with Gasteiger partial charge in [-0.1, -0.05) is 143 Å². The molecule has 2 aromatic carbocycles. The summed E-state index contributed by atoms with van der Waals surface area (Å²) in [5.41, 5.74) is -1.99. The van der Waals surface area contributed by atoms with Gasteiger partial charge in [0, 0.05) is 0 Å². The summed E-state index contributed by atoms with van der Waals surface area (Å²) < 4.78 is 38.9. The molecule has 0 heterocycles. The number of unbranched alkanes of at least 4 members (excludes halogenated alkanes) is 8. The lowest BCUT2D eigenvalue weighted by molar-refractivity contribution is -0.929. The molecule has 0 fully saturated rings. The molecular weight excluding hydrogens is 746 g/mol. The van der Waals surface area contributed by atoms with E-state index in [9.17, 15) is 33.0 Å². The van der Waals surface area contributed by atoms with Crippen LogP contribution in [-0.4, -0.2) is 83.5 Å². The molecule has 58 heavy (non-hydrogen) atoms. The van der Waals surface area contributed by atoms with Gasteiger partial charge in [0.05, 0.1) is 69.0 Å². The molecule has 11 heteroatoms. The van der Waals surface area contributed by atoms with Crippen molar-refractivity contribution in [1.29, 1.82) is 0 Å². The van der Waals surface area contributed by atoms with Crippen molar-refractivity contribution in [3.05, 3.63) is 59.2 Å². The van der Waals surface area contributed by atoms with Crippen molar-refractivity contribution in [3.8, 4) is 11.5 Å². The minimum Gasteiger partial charge on any atom is -0.872 e. The molecule has 0 aliphatic heterocycles. The van der Waals surface area contributed by atoms with E-state index in [0.29, 0.717) is 12.1 Å². The van der Waals surface area contributed by atoms with Crippen molar-refractivity contribution in [1.82, 2.24) is 0 Å².